The van der Waals surface area contributed by atoms with E-state index in [9.17, 15) is 0 Å². The number of nitro groups is 3. The summed E-state index contributed by atoms with van der Waals surface area (Å²) in [6, 6.07) is 52.1. The smallest absolute Gasteiger partial charge is 0.194 e. The van der Waals surface area contributed by atoms with E-state index in [-0.39, 0.29) is 11.5 Å². The molecule has 5 heterocycles. The van der Waals surface area contributed by atoms with Crippen molar-refractivity contribution in [1.82, 2.24) is 24.9 Å². The van der Waals surface area contributed by atoms with Gasteiger partial charge in [0.15, 0.2) is 78.5 Å². The number of anilines is 2. The Hall–Kier alpha value is -10.8. The van der Waals surface area contributed by atoms with Crippen molar-refractivity contribution in [3.8, 4) is 11.5 Å². The molecule has 0 amide bonds. The number of hydrogen-bond donors (Lipinski definition) is 6. The van der Waals surface area contributed by atoms with Gasteiger partial charge in [0.05, 0.1) is 11.4 Å². The second-order valence-corrected chi connectivity index (χ2v) is 15.4. The lowest BCUT2D eigenvalue weighted by Gasteiger charge is -1.92. The Morgan fingerprint density at radius 2 is 0.444 bits per heavy atom. The molecule has 90 heavy (non-hydrogen) atoms. The molecule has 25 heteroatoms. The van der Waals surface area contributed by atoms with Gasteiger partial charge >= 0.3 is 0 Å². The quantitative estimate of drug-likeness (QED) is 0.0355. The number of aromatic nitrogens is 5. The van der Waals surface area contributed by atoms with Gasteiger partial charge in [0.2, 0.25) is 0 Å². The molecular weight excluding hydrogens is 1160 g/mol. The molecule has 0 saturated heterocycles. The minimum atomic E-state index is -0.500. The number of benzene rings is 7. The number of phenolic OH excluding ortho intramolecular Hbond substituents is 2. The monoisotopic (exact) mass is 1250 g/mol. The fraction of sp³-hybridized carbons (Fsp3) is 0.277. The highest BCUT2D eigenvalue weighted by Crippen LogP contribution is 2.19. The Morgan fingerprint density at radius 1 is 0.311 bits per heavy atom. The van der Waals surface area contributed by atoms with E-state index in [0.29, 0.717) is 11.4 Å². The summed E-state index contributed by atoms with van der Waals surface area (Å²) in [4.78, 5) is 45.6. The number of aromatic hydroxyl groups is 2. The molecule has 0 radical (unpaired) electrons. The Labute approximate surface area is 526 Å². The zero-order valence-corrected chi connectivity index (χ0v) is 54.9. The summed E-state index contributed by atoms with van der Waals surface area (Å²) in [5.41, 5.74) is 29.3. The van der Waals surface area contributed by atoms with Gasteiger partial charge < -0.3 is 55.2 Å². The molecule has 0 spiro atoms. The molecule has 5 aromatic heterocycles. The SMILES string of the molecule is CC.CC.CC.CC.CN.CN.C[N+](=O)[O-].C[N+](=O)[O-].C[N+](=O)[O-].Cc1nc2ccccc2o1.Cc1nc2ccccc2o1.Cc1nc2ccccc2o1.Cc1nc2ccccc2o1.Cc1nc2ccccc2o1.Nc1ccccc1O.Nc1ccccc1O. The van der Waals surface area contributed by atoms with Gasteiger partial charge in [-0.2, -0.15) is 0 Å². The first-order chi connectivity index (χ1) is 43.1. The first-order valence-corrected chi connectivity index (χ1v) is 28.2. The summed E-state index contributed by atoms with van der Waals surface area (Å²) in [6.07, 6.45) is 0. The predicted molar refractivity (Wildman–Crippen MR) is 363 cm³/mol. The van der Waals surface area contributed by atoms with Crippen LogP contribution in [0.2, 0.25) is 0 Å². The number of oxazole rings is 5. The zero-order valence-electron chi connectivity index (χ0n) is 54.9. The van der Waals surface area contributed by atoms with Gasteiger partial charge in [-0.05, 0) is 99.0 Å². The molecule has 0 aliphatic heterocycles. The Kier molecular flexibility index (Phi) is 51.1. The Bertz CT molecular complexity index is 3020. The van der Waals surface area contributed by atoms with Crippen molar-refractivity contribution in [1.29, 1.82) is 0 Å². The standard InChI is InChI=1S/5C8H7NO.2C6H7NO.4C2H6.3CH3NO2.2CH5N/c5*1-6-9-7-4-2-3-5-8(7)10-6;2*7-5-3-1-2-4-6(5)8;4*1-2;3*1-2(3)4;2*1-2/h5*2-5H,1H3;2*1-4,8H,7H2;4*1-2H3;3*1H3;2*2H2,1H3. The molecule has 0 saturated carbocycles. The lowest BCUT2D eigenvalue weighted by atomic mass is 10.3. The van der Waals surface area contributed by atoms with Gasteiger partial charge in [0.1, 0.15) is 39.1 Å². The predicted octanol–water partition coefficient (Wildman–Crippen LogP) is 15.6. The van der Waals surface area contributed by atoms with Crippen LogP contribution in [0.3, 0.4) is 0 Å². The molecule has 12 aromatic rings. The number of hydrogen-bond acceptors (Lipinski definition) is 22. The Balaban J connectivity index is -0.000000454. The molecule has 0 aliphatic rings. The number of nitrogen functional groups attached to an aromatic ring is 2. The topological polar surface area (TPSA) is 404 Å². The Morgan fingerprint density at radius 3 is 0.567 bits per heavy atom. The van der Waals surface area contributed by atoms with Crippen LogP contribution in [0.5, 0.6) is 11.5 Å². The average molecular weight is 1250 g/mol. The van der Waals surface area contributed by atoms with Crippen molar-refractivity contribution >= 4 is 66.9 Å². The first kappa shape index (κ1) is 85.7. The number of nitrogens with zero attached hydrogens (tertiary/aromatic N) is 8. The van der Waals surface area contributed by atoms with Gasteiger partial charge in [0.25, 0.3) is 0 Å². The molecule has 0 bridgehead atoms. The average Bonchev–Trinajstić information content (AvgIpc) is 4.38. The van der Waals surface area contributed by atoms with E-state index >= 15 is 0 Å². The minimum Gasteiger partial charge on any atom is -0.506 e. The van der Waals surface area contributed by atoms with Crippen LogP contribution in [0.25, 0.3) is 55.5 Å². The lowest BCUT2D eigenvalue weighted by Crippen LogP contribution is -1.82. The number of nitrogens with two attached hydrogens (primary N) is 4. The number of phenols is 2. The fourth-order valence-corrected chi connectivity index (χ4v) is 5.91. The van der Waals surface area contributed by atoms with Crippen molar-refractivity contribution < 1.29 is 47.1 Å². The van der Waals surface area contributed by atoms with Gasteiger partial charge in [-0.15, -0.1) is 0 Å². The van der Waals surface area contributed by atoms with Gasteiger partial charge in [0, 0.05) is 49.4 Å². The highest BCUT2D eigenvalue weighted by atomic mass is 16.6. The summed E-state index contributed by atoms with van der Waals surface area (Å²) in [5, 5.41) is 44.0. The van der Waals surface area contributed by atoms with Crippen molar-refractivity contribution in [3.63, 3.8) is 0 Å². The summed E-state index contributed by atoms with van der Waals surface area (Å²) in [6.45, 7) is 25.2. The second-order valence-electron chi connectivity index (χ2n) is 15.4. The third kappa shape index (κ3) is 39.8. The maximum Gasteiger partial charge on any atom is 0.194 e. The van der Waals surface area contributed by atoms with E-state index in [0.717, 1.165) is 106 Å². The van der Waals surface area contributed by atoms with Crippen LogP contribution in [0.1, 0.15) is 84.8 Å². The van der Waals surface area contributed by atoms with Crippen LogP contribution in [0, 0.1) is 65.0 Å². The van der Waals surface area contributed by atoms with Crippen molar-refractivity contribution in [2.45, 2.75) is 90.0 Å². The molecule has 12 rings (SSSR count). The molecular formula is C65H92N12O13. The maximum atomic E-state index is 8.81. The van der Waals surface area contributed by atoms with E-state index in [4.69, 9.17) is 74.1 Å². The van der Waals surface area contributed by atoms with Crippen molar-refractivity contribution in [2.75, 3.05) is 46.7 Å². The van der Waals surface area contributed by atoms with Crippen LogP contribution >= 0.6 is 0 Å². The third-order valence-electron chi connectivity index (χ3n) is 8.88. The number of aryl methyl sites for hydroxylation is 5. The minimum absolute atomic E-state index is 0.146. The molecule has 7 aromatic carbocycles. The molecule has 0 fully saturated rings. The van der Waals surface area contributed by atoms with Crippen LogP contribution in [0.4, 0.5) is 11.4 Å². The zero-order chi connectivity index (χ0) is 69.6. The van der Waals surface area contributed by atoms with E-state index in [2.05, 4.69) is 36.4 Å². The number of fused-ring (bicyclic) bond motifs is 5. The number of para-hydroxylation sites is 14. The lowest BCUT2D eigenvalue weighted by molar-refractivity contribution is -0.445. The molecule has 25 nitrogen and oxygen atoms in total. The fourth-order valence-electron chi connectivity index (χ4n) is 5.91. The van der Waals surface area contributed by atoms with Gasteiger partial charge in [-0.1, -0.05) is 140 Å². The van der Waals surface area contributed by atoms with E-state index < -0.39 is 14.8 Å². The molecule has 10 N–H and O–H groups in total. The van der Waals surface area contributed by atoms with Crippen LogP contribution in [-0.4, -0.2) is 85.1 Å². The van der Waals surface area contributed by atoms with Crippen LogP contribution < -0.4 is 22.9 Å². The summed E-state index contributed by atoms with van der Waals surface area (Å²) < 4.78 is 26.3. The third-order valence-corrected chi connectivity index (χ3v) is 8.88. The van der Waals surface area contributed by atoms with Gasteiger partial charge in [-0.25, -0.2) is 24.9 Å². The molecule has 0 aliphatic carbocycles. The summed E-state index contributed by atoms with van der Waals surface area (Å²) in [5.74, 6) is 3.91. The van der Waals surface area contributed by atoms with Gasteiger partial charge in [-0.3, -0.25) is 30.3 Å². The van der Waals surface area contributed by atoms with E-state index in [1.54, 1.807) is 48.5 Å². The van der Waals surface area contributed by atoms with Crippen molar-refractivity contribution in [2.24, 2.45) is 11.5 Å². The van der Waals surface area contributed by atoms with E-state index in [1.807, 2.05) is 211 Å². The van der Waals surface area contributed by atoms with Crippen molar-refractivity contribution in [3.05, 3.63) is 230 Å². The van der Waals surface area contributed by atoms with Crippen LogP contribution in [0.15, 0.2) is 192 Å². The normalized spacial score (nSPS) is 8.67. The first-order valence-electron chi connectivity index (χ1n) is 28.2. The summed E-state index contributed by atoms with van der Waals surface area (Å²) >= 11 is 0. The molecule has 490 valence electrons. The highest BCUT2D eigenvalue weighted by molar-refractivity contribution is 5.74. The molecule has 0 unspecified atom stereocenters. The molecule has 0 atom stereocenters. The highest BCUT2D eigenvalue weighted by Gasteiger charge is 2.01. The van der Waals surface area contributed by atoms with Crippen LogP contribution in [-0.2, 0) is 0 Å². The maximum absolute atomic E-state index is 8.81. The second kappa shape index (κ2) is 53.7. The van der Waals surface area contributed by atoms with E-state index in [1.165, 1.54) is 14.1 Å². The number of rotatable bonds is 0. The summed E-state index contributed by atoms with van der Waals surface area (Å²) in [7, 11) is 5.67. The largest absolute Gasteiger partial charge is 0.506 e.